The molecule has 13 heteroatoms. The number of aliphatic hydroxyl groups is 1. The van der Waals surface area contributed by atoms with E-state index in [1.807, 2.05) is 26.1 Å². The van der Waals surface area contributed by atoms with Gasteiger partial charge in [-0.3, -0.25) is 4.98 Å². The zero-order valence-corrected chi connectivity index (χ0v) is 22.5. The van der Waals surface area contributed by atoms with Gasteiger partial charge < -0.3 is 30.1 Å². The molecule has 0 bridgehead atoms. The topological polar surface area (TPSA) is 115 Å². The predicted molar refractivity (Wildman–Crippen MR) is 139 cm³/mol. The number of aliphatic carboxylic acids is 1. The largest absolute Gasteiger partial charge is 0.490 e. The van der Waals surface area contributed by atoms with E-state index in [1.165, 1.54) is 12.1 Å². The molecule has 3 N–H and O–H groups in total. The van der Waals surface area contributed by atoms with Crippen LogP contribution in [0, 0.1) is 11.7 Å². The quantitative estimate of drug-likeness (QED) is 0.369. The maximum Gasteiger partial charge on any atom is 0.490 e. The molecule has 2 heterocycles. The van der Waals surface area contributed by atoms with Crippen molar-refractivity contribution in [3.05, 3.63) is 65.2 Å². The van der Waals surface area contributed by atoms with Gasteiger partial charge in [0.25, 0.3) is 0 Å². The molecule has 1 unspecified atom stereocenters. The van der Waals surface area contributed by atoms with Crippen molar-refractivity contribution < 1.29 is 42.1 Å². The van der Waals surface area contributed by atoms with Crippen molar-refractivity contribution in [1.82, 2.24) is 20.1 Å². The second kappa shape index (κ2) is 16.1. The van der Waals surface area contributed by atoms with Gasteiger partial charge in [-0.1, -0.05) is 18.2 Å². The summed E-state index contributed by atoms with van der Waals surface area (Å²) in [6.45, 7) is 6.52. The van der Waals surface area contributed by atoms with Crippen LogP contribution >= 0.6 is 0 Å². The zero-order chi connectivity index (χ0) is 29.7. The molecule has 0 radical (unpaired) electrons. The van der Waals surface area contributed by atoms with Crippen LogP contribution in [-0.2, 0) is 22.7 Å². The highest BCUT2D eigenvalue weighted by molar-refractivity contribution is 5.74. The fraction of sp³-hybridized carbons (Fsp3) is 0.519. The number of amides is 2. The number of hydrogen-bond donors (Lipinski definition) is 3. The van der Waals surface area contributed by atoms with Gasteiger partial charge in [-0.05, 0) is 68.1 Å². The molecule has 40 heavy (non-hydrogen) atoms. The summed E-state index contributed by atoms with van der Waals surface area (Å²) < 4.78 is 50.1. The molecule has 1 saturated heterocycles. The third kappa shape index (κ3) is 11.8. The number of pyridine rings is 1. The summed E-state index contributed by atoms with van der Waals surface area (Å²) in [7, 11) is 1.82. The first kappa shape index (κ1) is 32.9. The Morgan fingerprint density at radius 1 is 1.18 bits per heavy atom. The van der Waals surface area contributed by atoms with Gasteiger partial charge in [0, 0.05) is 39.5 Å². The van der Waals surface area contributed by atoms with Crippen molar-refractivity contribution >= 4 is 12.0 Å². The summed E-state index contributed by atoms with van der Waals surface area (Å²) in [5, 5.41) is 20.5. The van der Waals surface area contributed by atoms with Crippen molar-refractivity contribution in [3.8, 4) is 0 Å². The molecule has 2 aromatic rings. The maximum atomic E-state index is 13.1. The monoisotopic (exact) mass is 572 g/mol. The number of benzene rings is 1. The predicted octanol–water partition coefficient (Wildman–Crippen LogP) is 3.98. The van der Waals surface area contributed by atoms with Gasteiger partial charge in [0.1, 0.15) is 5.82 Å². The summed E-state index contributed by atoms with van der Waals surface area (Å²) in [4.78, 5) is 29.7. The van der Waals surface area contributed by atoms with E-state index >= 15 is 0 Å². The minimum absolute atomic E-state index is 0.0949. The van der Waals surface area contributed by atoms with E-state index < -0.39 is 18.2 Å². The number of hydrogen-bond acceptors (Lipinski definition) is 6. The number of ether oxygens (including phenoxy) is 1. The van der Waals surface area contributed by atoms with Crippen LogP contribution in [-0.4, -0.2) is 83.0 Å². The third-order valence-electron chi connectivity index (χ3n) is 6.30. The number of carbonyl (C=O) groups is 2. The van der Waals surface area contributed by atoms with Crippen LogP contribution in [0.2, 0.25) is 0 Å². The number of carboxylic acids is 1. The Morgan fingerprint density at radius 3 is 2.33 bits per heavy atom. The number of rotatable bonds is 10. The summed E-state index contributed by atoms with van der Waals surface area (Å²) in [6, 6.07) is 9.79. The normalized spacial score (nSPS) is 15.1. The fourth-order valence-corrected chi connectivity index (χ4v) is 4.02. The molecular formula is C27H36F4N4O5. The average Bonchev–Trinajstić information content (AvgIpc) is 2.92. The van der Waals surface area contributed by atoms with Crippen LogP contribution in [0.3, 0.4) is 0 Å². The third-order valence-corrected chi connectivity index (χ3v) is 6.30. The number of likely N-dealkylation sites (tertiary alicyclic amines) is 1. The molecule has 1 aliphatic rings. The molecule has 1 aromatic heterocycles. The molecule has 0 saturated carbocycles. The molecule has 1 aromatic carbocycles. The second-order valence-corrected chi connectivity index (χ2v) is 9.45. The summed E-state index contributed by atoms with van der Waals surface area (Å²) in [5.41, 5.74) is 2.56. The van der Waals surface area contributed by atoms with Gasteiger partial charge in [0.2, 0.25) is 0 Å². The number of carbonyl (C=O) groups excluding carboxylic acids is 1. The Morgan fingerprint density at radius 2 is 1.80 bits per heavy atom. The van der Waals surface area contributed by atoms with Gasteiger partial charge in [-0.15, -0.1) is 0 Å². The van der Waals surface area contributed by atoms with Crippen molar-refractivity contribution in [2.45, 2.75) is 45.2 Å². The van der Waals surface area contributed by atoms with Crippen molar-refractivity contribution in [3.63, 3.8) is 0 Å². The van der Waals surface area contributed by atoms with E-state index in [4.69, 9.17) is 14.6 Å². The van der Waals surface area contributed by atoms with E-state index in [9.17, 15) is 27.5 Å². The number of carboxylic acid groups (broad SMARTS) is 1. The first-order valence-corrected chi connectivity index (χ1v) is 12.9. The summed E-state index contributed by atoms with van der Waals surface area (Å²) >= 11 is 0. The van der Waals surface area contributed by atoms with Crippen molar-refractivity contribution in [2.75, 3.05) is 39.8 Å². The zero-order valence-electron chi connectivity index (χ0n) is 22.5. The molecule has 9 nitrogen and oxygen atoms in total. The number of urea groups is 1. The lowest BCUT2D eigenvalue weighted by Gasteiger charge is -2.34. The number of β-amino-alcohol motifs (C(OH)–C–C–N with tert-alkyl or cyclic N) is 1. The lowest BCUT2D eigenvalue weighted by atomic mass is 9.95. The van der Waals surface area contributed by atoms with Gasteiger partial charge in [-0.25, -0.2) is 14.0 Å². The lowest BCUT2D eigenvalue weighted by molar-refractivity contribution is -0.192. The van der Waals surface area contributed by atoms with E-state index in [0.717, 1.165) is 42.8 Å². The minimum atomic E-state index is -5.08. The number of nitrogens with one attached hydrogen (secondary N) is 1. The van der Waals surface area contributed by atoms with Crippen LogP contribution < -0.4 is 5.32 Å². The maximum absolute atomic E-state index is 13.1. The van der Waals surface area contributed by atoms with E-state index in [1.54, 1.807) is 23.2 Å². The van der Waals surface area contributed by atoms with E-state index in [2.05, 4.69) is 15.2 Å². The number of aromatic nitrogens is 1. The molecular weight excluding hydrogens is 536 g/mol. The van der Waals surface area contributed by atoms with Gasteiger partial charge >= 0.3 is 18.2 Å². The summed E-state index contributed by atoms with van der Waals surface area (Å²) in [6.07, 6.45) is -2.00. The molecule has 1 atom stereocenters. The minimum Gasteiger partial charge on any atom is -0.475 e. The second-order valence-electron chi connectivity index (χ2n) is 9.45. The number of piperidine rings is 1. The molecule has 3 rings (SSSR count). The Bertz CT molecular complexity index is 1050. The highest BCUT2D eigenvalue weighted by Gasteiger charge is 2.38. The Kier molecular flexibility index (Phi) is 13.2. The number of halogens is 4. The molecule has 222 valence electrons. The van der Waals surface area contributed by atoms with Crippen LogP contribution in [0.1, 0.15) is 42.7 Å². The molecule has 1 fully saturated rings. The smallest absolute Gasteiger partial charge is 0.475 e. The Balaban J connectivity index is 0.000000708. The van der Waals surface area contributed by atoms with Crippen LogP contribution in [0.5, 0.6) is 0 Å². The van der Waals surface area contributed by atoms with Crippen LogP contribution in [0.25, 0.3) is 0 Å². The van der Waals surface area contributed by atoms with Gasteiger partial charge in [0.15, 0.2) is 0 Å². The molecule has 1 aliphatic heterocycles. The molecule has 0 spiro atoms. The summed E-state index contributed by atoms with van der Waals surface area (Å²) in [5.74, 6) is -2.63. The molecule has 2 amide bonds. The Hall–Kier alpha value is -3.29. The van der Waals surface area contributed by atoms with E-state index in [0.29, 0.717) is 38.8 Å². The fourth-order valence-electron chi connectivity index (χ4n) is 4.02. The lowest BCUT2D eigenvalue weighted by Crippen LogP contribution is -2.43. The van der Waals surface area contributed by atoms with Gasteiger partial charge in [-0.2, -0.15) is 13.2 Å². The van der Waals surface area contributed by atoms with Crippen molar-refractivity contribution in [1.29, 1.82) is 0 Å². The SMILES string of the molecule is CCOCc1ccc(CNC(=O)N(C)CC2CCN(CC(O)c3ccc(F)cc3)CC2)cn1.O=C(O)C(F)(F)F. The first-order valence-electron chi connectivity index (χ1n) is 12.9. The number of alkyl halides is 3. The average molecular weight is 573 g/mol. The highest BCUT2D eigenvalue weighted by Crippen LogP contribution is 2.22. The van der Waals surface area contributed by atoms with E-state index in [-0.39, 0.29) is 11.8 Å². The highest BCUT2D eigenvalue weighted by atomic mass is 19.4. The number of nitrogens with zero attached hydrogens (tertiary/aromatic N) is 3. The van der Waals surface area contributed by atoms with Gasteiger partial charge in [0.05, 0.1) is 18.4 Å². The van der Waals surface area contributed by atoms with Crippen LogP contribution in [0.15, 0.2) is 42.6 Å². The standard InChI is InChI=1S/C25H35FN4O3.C2HF3O2/c1-3-33-18-23-9-4-20(14-27-23)15-28-25(32)29(2)16-19-10-12-30(13-11-19)17-24(31)21-5-7-22(26)8-6-21;3-2(4,5)1(6)7/h4-9,14,19,24,31H,3,10-13,15-18H2,1-2H3,(H,28,32);(H,6,7). The first-order chi connectivity index (χ1) is 18.9. The molecule has 0 aliphatic carbocycles. The number of aliphatic hydroxyl groups excluding tert-OH is 1. The van der Waals surface area contributed by atoms with Crippen LogP contribution in [0.4, 0.5) is 22.4 Å². The van der Waals surface area contributed by atoms with Crippen molar-refractivity contribution in [2.24, 2.45) is 5.92 Å². The Labute approximate surface area is 230 Å².